The van der Waals surface area contributed by atoms with E-state index in [1.807, 2.05) is 0 Å². The summed E-state index contributed by atoms with van der Waals surface area (Å²) in [4.78, 5) is 0. The molecule has 0 aliphatic carbocycles. The van der Waals surface area contributed by atoms with Crippen LogP contribution in [0.2, 0.25) is 0 Å². The van der Waals surface area contributed by atoms with E-state index in [9.17, 15) is 0 Å². The molecule has 1 saturated heterocycles. The minimum Gasteiger partial charge on any atom is -0.367 e. The quantitative estimate of drug-likeness (QED) is 0.405. The summed E-state index contributed by atoms with van der Waals surface area (Å²) in [7, 11) is 0. The first-order valence-electron chi connectivity index (χ1n) is 1.60. The summed E-state index contributed by atoms with van der Waals surface area (Å²) >= 11 is 0. The van der Waals surface area contributed by atoms with Crippen LogP contribution in [0, 0.1) is 25.9 Å². The third-order valence-corrected chi connectivity index (χ3v) is 0.418. The van der Waals surface area contributed by atoms with E-state index < -0.39 is 0 Å². The summed E-state index contributed by atoms with van der Waals surface area (Å²) in [6.45, 7) is 2.83. The van der Waals surface area contributed by atoms with Crippen molar-refractivity contribution in [2.75, 3.05) is 6.61 Å². The monoisotopic (exact) mass is 78.0 g/mol. The largest absolute Gasteiger partial charge is 0.367 e. The molecule has 0 aromatic heterocycles. The van der Waals surface area contributed by atoms with E-state index in [0.29, 0.717) is 6.61 Å². The zero-order chi connectivity index (χ0) is 4.24. The molecule has 28 valence electrons. The SMILES string of the molecule is [C]1[C][C]OC[C]1. The van der Waals surface area contributed by atoms with Crippen molar-refractivity contribution in [3.05, 3.63) is 25.9 Å². The zero-order valence-corrected chi connectivity index (χ0v) is 3.12. The van der Waals surface area contributed by atoms with Gasteiger partial charge in [0.05, 0.1) is 6.61 Å². The van der Waals surface area contributed by atoms with Gasteiger partial charge in [-0.05, 0) is 0 Å². The Hall–Kier alpha value is -0.0400. The van der Waals surface area contributed by atoms with Gasteiger partial charge in [0.25, 0.3) is 0 Å². The van der Waals surface area contributed by atoms with Gasteiger partial charge in [0, 0.05) is 19.3 Å². The molecule has 1 heterocycles. The second-order valence-electron chi connectivity index (χ2n) is 0.818. The lowest BCUT2D eigenvalue weighted by atomic mass is 10.2. The van der Waals surface area contributed by atoms with E-state index in [1.54, 1.807) is 0 Å². The van der Waals surface area contributed by atoms with E-state index >= 15 is 0 Å². The second kappa shape index (κ2) is 2.19. The average molecular weight is 78.1 g/mol. The van der Waals surface area contributed by atoms with Crippen LogP contribution in [0.25, 0.3) is 0 Å². The molecular formula is C5H2O. The summed E-state index contributed by atoms with van der Waals surface area (Å²) in [5, 5.41) is 0. The molecule has 0 aromatic rings. The molecule has 0 spiro atoms. The first-order chi connectivity index (χ1) is 3.00. The van der Waals surface area contributed by atoms with Crippen molar-refractivity contribution in [3.8, 4) is 0 Å². The number of hydrogen-bond acceptors (Lipinski definition) is 1. The van der Waals surface area contributed by atoms with Gasteiger partial charge in [0.2, 0.25) is 0 Å². The highest BCUT2D eigenvalue weighted by molar-refractivity contribution is 5.04. The van der Waals surface area contributed by atoms with Crippen molar-refractivity contribution in [3.63, 3.8) is 0 Å². The molecule has 1 fully saturated rings. The molecule has 0 saturated carbocycles. The minimum atomic E-state index is 0.465. The first-order valence-corrected chi connectivity index (χ1v) is 1.60. The Kier molecular flexibility index (Phi) is 1.51. The maximum absolute atomic E-state index is 4.53. The molecule has 0 bridgehead atoms. The van der Waals surface area contributed by atoms with Gasteiger partial charge in [-0.25, -0.2) is 0 Å². The highest BCUT2D eigenvalue weighted by Crippen LogP contribution is 2.02. The van der Waals surface area contributed by atoms with Gasteiger partial charge >= 0.3 is 0 Å². The fourth-order valence-electron chi connectivity index (χ4n) is 0.214. The van der Waals surface area contributed by atoms with Crippen LogP contribution in [0.4, 0.5) is 0 Å². The number of ether oxygens (including phenoxy) is 1. The first kappa shape index (κ1) is 4.13. The fourth-order valence-corrected chi connectivity index (χ4v) is 0.214. The lowest BCUT2D eigenvalue weighted by molar-refractivity contribution is 0.225. The van der Waals surface area contributed by atoms with Crippen molar-refractivity contribution < 1.29 is 4.74 Å². The van der Waals surface area contributed by atoms with Crippen molar-refractivity contribution in [1.29, 1.82) is 0 Å². The summed E-state index contributed by atoms with van der Waals surface area (Å²) in [6.07, 6.45) is 7.64. The van der Waals surface area contributed by atoms with Crippen molar-refractivity contribution >= 4 is 0 Å². The van der Waals surface area contributed by atoms with Crippen LogP contribution in [-0.2, 0) is 4.74 Å². The summed E-state index contributed by atoms with van der Waals surface area (Å²) < 4.78 is 4.53. The van der Waals surface area contributed by atoms with Crippen molar-refractivity contribution in [1.82, 2.24) is 0 Å². The molecule has 0 N–H and O–H groups in total. The number of hydrogen-bond donors (Lipinski definition) is 0. The van der Waals surface area contributed by atoms with Gasteiger partial charge in [-0.15, -0.1) is 0 Å². The van der Waals surface area contributed by atoms with Gasteiger partial charge in [-0.3, -0.25) is 0 Å². The molecule has 0 unspecified atom stereocenters. The number of rotatable bonds is 0. The smallest absolute Gasteiger partial charge is 0.141 e. The topological polar surface area (TPSA) is 9.23 Å². The highest BCUT2D eigenvalue weighted by atomic mass is 16.5. The van der Waals surface area contributed by atoms with E-state index in [1.165, 1.54) is 0 Å². The van der Waals surface area contributed by atoms with Crippen LogP contribution < -0.4 is 0 Å². The third kappa shape index (κ3) is 0.977. The molecule has 6 heavy (non-hydrogen) atoms. The Morgan fingerprint density at radius 3 is 2.50 bits per heavy atom. The summed E-state index contributed by atoms with van der Waals surface area (Å²) in [5.74, 6) is 0. The van der Waals surface area contributed by atoms with Gasteiger partial charge in [-0.1, -0.05) is 0 Å². The standard InChI is InChI=1S/C5H2O/c1-2-4-6-5-3-1/h4H2. The van der Waals surface area contributed by atoms with Crippen LogP contribution in [-0.4, -0.2) is 6.61 Å². The van der Waals surface area contributed by atoms with Gasteiger partial charge in [0.15, 0.2) is 0 Å². The molecule has 0 aromatic carbocycles. The molecule has 1 rings (SSSR count). The Balaban J connectivity index is 2.00. The van der Waals surface area contributed by atoms with Crippen LogP contribution in [0.5, 0.6) is 0 Å². The Labute approximate surface area is 38.3 Å². The maximum Gasteiger partial charge on any atom is 0.141 e. The molecule has 1 aliphatic rings. The van der Waals surface area contributed by atoms with Crippen LogP contribution in [0.3, 0.4) is 0 Å². The summed E-state index contributed by atoms with van der Waals surface area (Å²) in [5.41, 5.74) is 0. The second-order valence-corrected chi connectivity index (χ2v) is 0.818. The molecule has 1 heteroatoms. The van der Waals surface area contributed by atoms with Gasteiger partial charge in [0.1, 0.15) is 6.61 Å². The fraction of sp³-hybridized carbons (Fsp3) is 0.200. The predicted octanol–water partition coefficient (Wildman–Crippen LogP) is 0.299. The van der Waals surface area contributed by atoms with E-state index in [2.05, 4.69) is 30.6 Å². The van der Waals surface area contributed by atoms with Gasteiger partial charge in [-0.2, -0.15) is 0 Å². The zero-order valence-electron chi connectivity index (χ0n) is 3.12. The van der Waals surface area contributed by atoms with Crippen LogP contribution in [0.1, 0.15) is 0 Å². The lowest BCUT2D eigenvalue weighted by Gasteiger charge is -2.03. The molecule has 0 amide bonds. The van der Waals surface area contributed by atoms with E-state index in [4.69, 9.17) is 0 Å². The highest BCUT2D eigenvalue weighted by Gasteiger charge is 1.99. The average Bonchev–Trinajstić information content (AvgIpc) is 1.72. The van der Waals surface area contributed by atoms with Crippen LogP contribution in [0.15, 0.2) is 0 Å². The molecular weight excluding hydrogens is 76.1 g/mol. The Bertz CT molecular complexity index is 19.4. The Morgan fingerprint density at radius 2 is 2.33 bits per heavy atom. The van der Waals surface area contributed by atoms with Crippen LogP contribution >= 0.6 is 0 Å². The molecule has 1 aliphatic heterocycles. The predicted molar refractivity (Wildman–Crippen MR) is 18.9 cm³/mol. The normalized spacial score (nSPS) is 24.0. The van der Waals surface area contributed by atoms with E-state index in [-0.39, 0.29) is 0 Å². The summed E-state index contributed by atoms with van der Waals surface area (Å²) in [6, 6.07) is 0. The molecule has 1 nitrogen and oxygen atoms in total. The minimum absolute atomic E-state index is 0.465. The lowest BCUT2D eigenvalue weighted by Crippen LogP contribution is -2.00. The maximum atomic E-state index is 4.53. The van der Waals surface area contributed by atoms with Crippen molar-refractivity contribution in [2.24, 2.45) is 0 Å². The molecule has 8 radical (unpaired) electrons. The van der Waals surface area contributed by atoms with E-state index in [0.717, 1.165) is 0 Å². The van der Waals surface area contributed by atoms with Gasteiger partial charge < -0.3 is 4.74 Å². The van der Waals surface area contributed by atoms with Crippen molar-refractivity contribution in [2.45, 2.75) is 0 Å². The third-order valence-electron chi connectivity index (χ3n) is 0.418. The Morgan fingerprint density at radius 1 is 1.33 bits per heavy atom. The molecule has 0 atom stereocenters.